The fourth-order valence-corrected chi connectivity index (χ4v) is 5.11. The smallest absolute Gasteiger partial charge is 0.307 e. The van der Waals surface area contributed by atoms with E-state index in [1.165, 1.54) is 5.57 Å². The largest absolute Gasteiger partial charge is 0.481 e. The van der Waals surface area contributed by atoms with Gasteiger partial charge >= 0.3 is 5.97 Å². The molecular formula is C20H28O4. The number of carbonyl (C=O) groups is 1. The van der Waals surface area contributed by atoms with Gasteiger partial charge in [0.25, 0.3) is 0 Å². The molecular weight excluding hydrogens is 304 g/mol. The Labute approximate surface area is 143 Å². The summed E-state index contributed by atoms with van der Waals surface area (Å²) in [5.74, 6) is -0.574. The Hall–Kier alpha value is -1.39. The van der Waals surface area contributed by atoms with E-state index in [4.69, 9.17) is 0 Å². The summed E-state index contributed by atoms with van der Waals surface area (Å²) < 4.78 is 0. The van der Waals surface area contributed by atoms with Crippen LogP contribution in [-0.2, 0) is 4.79 Å². The van der Waals surface area contributed by atoms with E-state index in [1.54, 1.807) is 0 Å². The minimum Gasteiger partial charge on any atom is -0.481 e. The van der Waals surface area contributed by atoms with Gasteiger partial charge in [0.1, 0.15) is 0 Å². The summed E-state index contributed by atoms with van der Waals surface area (Å²) in [5, 5.41) is 29.4. The molecule has 24 heavy (non-hydrogen) atoms. The standard InChI is InChI=1S/C20H28O4/c1-12-14(10-15(21)11-18(12)22)6-5-13-4-3-9-20(2)16(13)7-8-17(20)19(23)24/h5-6,15-18,21-22H,1,3-4,7-11H2,2H3,(H,23,24)/t15-,16+,17-,18+,20+/m1/s1. The van der Waals surface area contributed by atoms with Crippen molar-refractivity contribution in [3.8, 4) is 0 Å². The van der Waals surface area contributed by atoms with Gasteiger partial charge in [-0.1, -0.05) is 31.2 Å². The van der Waals surface area contributed by atoms with Crippen molar-refractivity contribution in [2.75, 3.05) is 0 Å². The number of carboxylic acids is 1. The molecule has 0 bridgehead atoms. The molecule has 0 unspecified atom stereocenters. The van der Waals surface area contributed by atoms with Crippen molar-refractivity contribution >= 4 is 5.97 Å². The Balaban J connectivity index is 1.84. The first kappa shape index (κ1) is 17.4. The third kappa shape index (κ3) is 2.98. The van der Waals surface area contributed by atoms with Crippen LogP contribution < -0.4 is 0 Å². The molecule has 132 valence electrons. The molecule has 0 heterocycles. The van der Waals surface area contributed by atoms with Gasteiger partial charge < -0.3 is 15.3 Å². The van der Waals surface area contributed by atoms with Crippen LogP contribution in [0.4, 0.5) is 0 Å². The van der Waals surface area contributed by atoms with Gasteiger partial charge in [0.15, 0.2) is 0 Å². The Morgan fingerprint density at radius 2 is 2.04 bits per heavy atom. The molecule has 5 atom stereocenters. The van der Waals surface area contributed by atoms with Crippen LogP contribution in [-0.4, -0.2) is 33.5 Å². The van der Waals surface area contributed by atoms with Crippen molar-refractivity contribution in [3.05, 3.63) is 35.5 Å². The molecule has 3 saturated carbocycles. The summed E-state index contributed by atoms with van der Waals surface area (Å²) in [6, 6.07) is 0. The molecule has 0 aliphatic heterocycles. The first-order valence-corrected chi connectivity index (χ1v) is 9.00. The Kier molecular flexibility index (Phi) is 4.71. The van der Waals surface area contributed by atoms with Gasteiger partial charge in [0, 0.05) is 6.42 Å². The van der Waals surface area contributed by atoms with Gasteiger partial charge in [-0.15, -0.1) is 0 Å². The van der Waals surface area contributed by atoms with Crippen molar-refractivity contribution in [1.82, 2.24) is 0 Å². The molecule has 3 aliphatic carbocycles. The minimum atomic E-state index is -0.669. The lowest BCUT2D eigenvalue weighted by Crippen LogP contribution is -2.36. The third-order valence-corrected chi connectivity index (χ3v) is 6.53. The van der Waals surface area contributed by atoms with Crippen LogP contribution in [0.25, 0.3) is 0 Å². The highest BCUT2D eigenvalue weighted by atomic mass is 16.4. The number of hydrogen-bond acceptors (Lipinski definition) is 3. The fraction of sp³-hybridized carbons (Fsp3) is 0.650. The second kappa shape index (κ2) is 6.49. The van der Waals surface area contributed by atoms with Crippen LogP contribution in [0.5, 0.6) is 0 Å². The van der Waals surface area contributed by atoms with E-state index in [9.17, 15) is 20.1 Å². The number of allylic oxidation sites excluding steroid dienone is 3. The summed E-state index contributed by atoms with van der Waals surface area (Å²) in [7, 11) is 0. The van der Waals surface area contributed by atoms with E-state index in [2.05, 4.69) is 19.6 Å². The van der Waals surface area contributed by atoms with Crippen molar-refractivity contribution < 1.29 is 20.1 Å². The number of hydrogen-bond donors (Lipinski definition) is 3. The fourth-order valence-electron chi connectivity index (χ4n) is 5.11. The van der Waals surface area contributed by atoms with Crippen LogP contribution >= 0.6 is 0 Å². The summed E-state index contributed by atoms with van der Waals surface area (Å²) in [4.78, 5) is 11.6. The van der Waals surface area contributed by atoms with Crippen molar-refractivity contribution in [3.63, 3.8) is 0 Å². The molecule has 0 amide bonds. The van der Waals surface area contributed by atoms with E-state index in [-0.39, 0.29) is 11.3 Å². The van der Waals surface area contributed by atoms with E-state index in [0.717, 1.165) is 37.7 Å². The van der Waals surface area contributed by atoms with Crippen LogP contribution in [0.1, 0.15) is 51.9 Å². The summed E-state index contributed by atoms with van der Waals surface area (Å²) >= 11 is 0. The monoisotopic (exact) mass is 332 g/mol. The number of aliphatic hydroxyl groups is 2. The maximum atomic E-state index is 11.6. The Bertz CT molecular complexity index is 603. The van der Waals surface area contributed by atoms with E-state index in [1.807, 2.05) is 6.08 Å². The van der Waals surface area contributed by atoms with E-state index >= 15 is 0 Å². The molecule has 3 rings (SSSR count). The number of rotatable bonds is 2. The van der Waals surface area contributed by atoms with Gasteiger partial charge in [0.2, 0.25) is 0 Å². The van der Waals surface area contributed by atoms with E-state index < -0.39 is 18.2 Å². The Morgan fingerprint density at radius 3 is 2.75 bits per heavy atom. The summed E-state index contributed by atoms with van der Waals surface area (Å²) in [6.07, 6.45) is 8.50. The first-order valence-electron chi connectivity index (χ1n) is 9.00. The number of aliphatic carboxylic acids is 1. The molecule has 4 nitrogen and oxygen atoms in total. The van der Waals surface area contributed by atoms with Crippen LogP contribution in [0.2, 0.25) is 0 Å². The van der Waals surface area contributed by atoms with Crippen molar-refractivity contribution in [2.45, 2.75) is 64.1 Å². The van der Waals surface area contributed by atoms with Crippen molar-refractivity contribution in [2.24, 2.45) is 17.3 Å². The zero-order valence-corrected chi connectivity index (χ0v) is 14.4. The quantitative estimate of drug-likeness (QED) is 0.725. The molecule has 0 saturated heterocycles. The van der Waals surface area contributed by atoms with Crippen LogP contribution in [0, 0.1) is 17.3 Å². The van der Waals surface area contributed by atoms with Gasteiger partial charge in [-0.05, 0) is 61.0 Å². The van der Waals surface area contributed by atoms with Crippen LogP contribution in [0.15, 0.2) is 35.5 Å². The van der Waals surface area contributed by atoms with Crippen LogP contribution in [0.3, 0.4) is 0 Å². The summed E-state index contributed by atoms with van der Waals surface area (Å²) in [6.45, 7) is 6.09. The molecule has 4 heteroatoms. The van der Waals surface area contributed by atoms with Gasteiger partial charge in [-0.2, -0.15) is 0 Å². The molecule has 0 spiro atoms. The van der Waals surface area contributed by atoms with Gasteiger partial charge in [-0.3, -0.25) is 4.79 Å². The molecule has 0 aromatic carbocycles. The second-order valence-corrected chi connectivity index (χ2v) is 7.95. The Morgan fingerprint density at radius 1 is 1.29 bits per heavy atom. The topological polar surface area (TPSA) is 77.8 Å². The number of aliphatic hydroxyl groups excluding tert-OH is 2. The minimum absolute atomic E-state index is 0.142. The zero-order valence-electron chi connectivity index (χ0n) is 14.4. The van der Waals surface area contributed by atoms with Gasteiger partial charge in [-0.25, -0.2) is 0 Å². The zero-order chi connectivity index (χ0) is 17.5. The lowest BCUT2D eigenvalue weighted by atomic mass is 9.63. The molecule has 3 aliphatic rings. The summed E-state index contributed by atoms with van der Waals surface area (Å²) in [5.41, 5.74) is 2.79. The second-order valence-electron chi connectivity index (χ2n) is 7.95. The highest BCUT2D eigenvalue weighted by Crippen LogP contribution is 2.57. The molecule has 0 aromatic rings. The highest BCUT2D eigenvalue weighted by molar-refractivity contribution is 5.72. The number of fused-ring (bicyclic) bond motifs is 1. The highest BCUT2D eigenvalue weighted by Gasteiger charge is 2.52. The third-order valence-electron chi connectivity index (χ3n) is 6.53. The lowest BCUT2D eigenvalue weighted by Gasteiger charge is -2.40. The average molecular weight is 332 g/mol. The predicted octanol–water partition coefficient (Wildman–Crippen LogP) is 3.21. The van der Waals surface area contributed by atoms with Crippen molar-refractivity contribution in [1.29, 1.82) is 0 Å². The normalized spacial score (nSPS) is 43.2. The SMILES string of the molecule is C=C1C(=CC=C2CCC[C@]3(C)[C@@H](C(=O)O)CC[C@@H]23)C[C@@H](O)C[C@@H]1O. The molecule has 0 aromatic heterocycles. The number of carboxylic acid groups (broad SMARTS) is 1. The predicted molar refractivity (Wildman–Crippen MR) is 92.4 cm³/mol. The maximum absolute atomic E-state index is 11.6. The molecule has 3 N–H and O–H groups in total. The average Bonchev–Trinajstić information content (AvgIpc) is 2.87. The van der Waals surface area contributed by atoms with E-state index in [0.29, 0.717) is 24.3 Å². The lowest BCUT2D eigenvalue weighted by molar-refractivity contribution is -0.146. The maximum Gasteiger partial charge on any atom is 0.307 e. The molecule has 0 radical (unpaired) electrons. The van der Waals surface area contributed by atoms with Gasteiger partial charge in [0.05, 0.1) is 18.1 Å². The molecule has 3 fully saturated rings. The first-order chi connectivity index (χ1) is 11.3.